The molecule has 2 atom stereocenters. The molecule has 196 valence electrons. The molecule has 0 bridgehead atoms. The maximum absolute atomic E-state index is 15.8. The Labute approximate surface area is 238 Å². The van der Waals surface area contributed by atoms with E-state index in [0.29, 0.717) is 26.8 Å². The molecule has 4 aromatic rings. The van der Waals surface area contributed by atoms with E-state index in [1.807, 2.05) is 63.2 Å². The van der Waals surface area contributed by atoms with Gasteiger partial charge in [0.2, 0.25) is 0 Å². The van der Waals surface area contributed by atoms with Gasteiger partial charge in [-0.25, -0.2) is 9.37 Å². The molecule has 0 amide bonds. The fraction of sp³-hybridized carbons (Fsp3) is 0.333. The molecule has 0 radical (unpaired) electrons. The van der Waals surface area contributed by atoms with Crippen LogP contribution in [0.25, 0.3) is 22.2 Å². The molecular formula is C27H30Br2FN3O2SSi. The lowest BCUT2D eigenvalue weighted by Crippen LogP contribution is -2.43. The van der Waals surface area contributed by atoms with Crippen LogP contribution in [0.2, 0.25) is 19.6 Å². The molecule has 37 heavy (non-hydrogen) atoms. The summed E-state index contributed by atoms with van der Waals surface area (Å²) in [5.41, 5.74) is 3.33. The second kappa shape index (κ2) is 10.9. The van der Waals surface area contributed by atoms with Crippen molar-refractivity contribution in [2.24, 2.45) is 0 Å². The summed E-state index contributed by atoms with van der Waals surface area (Å²) in [6.07, 6.45) is 0.211. The normalized spacial score (nSPS) is 14.2. The Morgan fingerprint density at radius 1 is 1.11 bits per heavy atom. The van der Waals surface area contributed by atoms with Gasteiger partial charge in [-0.05, 0) is 71.7 Å². The van der Waals surface area contributed by atoms with Crippen molar-refractivity contribution in [3.63, 3.8) is 0 Å². The Morgan fingerprint density at radius 3 is 2.49 bits per heavy atom. The highest BCUT2D eigenvalue weighted by molar-refractivity contribution is 9.10. The van der Waals surface area contributed by atoms with Crippen LogP contribution >= 0.6 is 31.9 Å². The minimum atomic E-state index is -1.97. The van der Waals surface area contributed by atoms with Gasteiger partial charge in [-0.3, -0.25) is 0 Å². The second-order valence-corrected chi connectivity index (χ2v) is 19.8. The van der Waals surface area contributed by atoms with Crippen LogP contribution < -0.4 is 9.91 Å². The van der Waals surface area contributed by atoms with Gasteiger partial charge in [0, 0.05) is 33.2 Å². The van der Waals surface area contributed by atoms with E-state index >= 15 is 4.39 Å². The van der Waals surface area contributed by atoms with Gasteiger partial charge in [0.1, 0.15) is 20.9 Å². The number of aromatic nitrogens is 2. The predicted octanol–water partition coefficient (Wildman–Crippen LogP) is 7.43. The Balaban J connectivity index is 1.86. The molecule has 10 heteroatoms. The van der Waals surface area contributed by atoms with Gasteiger partial charge < -0.3 is 9.08 Å². The fourth-order valence-electron chi connectivity index (χ4n) is 4.07. The molecule has 1 N–H and O–H groups in total. The molecule has 0 aliphatic rings. The monoisotopic (exact) mass is 665 g/mol. The number of nitrogens with zero attached hydrogens (tertiary/aromatic N) is 2. The molecule has 2 aromatic heterocycles. The number of hydrogen-bond acceptors (Lipinski definition) is 5. The van der Waals surface area contributed by atoms with Gasteiger partial charge >= 0.3 is 0 Å². The molecule has 0 saturated carbocycles. The molecule has 5 nitrogen and oxygen atoms in total. The SMILES string of the molecule is CC(C)(C)[S@+]([O-])NC(Cc1nc(Br)cc([Si](C)(C)C)c1F)c1ccccc1-c1noc2cc(Br)ccc12. The van der Waals surface area contributed by atoms with Crippen molar-refractivity contribution in [2.45, 2.75) is 57.6 Å². The summed E-state index contributed by atoms with van der Waals surface area (Å²) in [4.78, 5) is 4.52. The van der Waals surface area contributed by atoms with Gasteiger partial charge in [0.25, 0.3) is 0 Å². The lowest BCUT2D eigenvalue weighted by Gasteiger charge is -2.29. The number of halogens is 3. The van der Waals surface area contributed by atoms with Crippen molar-refractivity contribution < 1.29 is 13.5 Å². The van der Waals surface area contributed by atoms with Crippen molar-refractivity contribution >= 4 is 67.5 Å². The van der Waals surface area contributed by atoms with Crippen molar-refractivity contribution in [3.8, 4) is 11.3 Å². The highest BCUT2D eigenvalue weighted by Gasteiger charge is 2.33. The average Bonchev–Trinajstić information content (AvgIpc) is 3.22. The summed E-state index contributed by atoms with van der Waals surface area (Å²) in [6, 6.07) is 14.8. The maximum Gasteiger partial charge on any atom is 0.168 e. The summed E-state index contributed by atoms with van der Waals surface area (Å²) in [6.45, 7) is 12.0. The van der Waals surface area contributed by atoms with Crippen molar-refractivity contribution in [2.75, 3.05) is 0 Å². The van der Waals surface area contributed by atoms with Crippen molar-refractivity contribution in [3.05, 3.63) is 74.7 Å². The largest absolute Gasteiger partial charge is 0.598 e. The second-order valence-electron chi connectivity index (χ2n) is 11.0. The first kappa shape index (κ1) is 28.4. The Morgan fingerprint density at radius 2 is 1.81 bits per heavy atom. The maximum atomic E-state index is 15.8. The Kier molecular flexibility index (Phi) is 8.38. The summed E-state index contributed by atoms with van der Waals surface area (Å²) >= 11 is 5.55. The number of nitrogens with one attached hydrogen (secondary N) is 1. The summed E-state index contributed by atoms with van der Waals surface area (Å²) in [5, 5.41) is 5.94. The third-order valence-electron chi connectivity index (χ3n) is 6.03. The Hall–Kier alpha value is -1.56. The minimum Gasteiger partial charge on any atom is -0.598 e. The molecule has 0 spiro atoms. The first-order chi connectivity index (χ1) is 17.3. The number of fused-ring (bicyclic) bond motifs is 1. The predicted molar refractivity (Wildman–Crippen MR) is 159 cm³/mol. The van der Waals surface area contributed by atoms with E-state index in [4.69, 9.17) is 4.52 Å². The van der Waals surface area contributed by atoms with Gasteiger partial charge in [-0.1, -0.05) is 65.0 Å². The van der Waals surface area contributed by atoms with Crippen LogP contribution in [0, 0.1) is 5.82 Å². The lowest BCUT2D eigenvalue weighted by molar-refractivity contribution is 0.459. The summed E-state index contributed by atoms with van der Waals surface area (Å²) in [7, 11) is -1.97. The lowest BCUT2D eigenvalue weighted by atomic mass is 9.94. The zero-order valence-electron chi connectivity index (χ0n) is 21.7. The van der Waals surface area contributed by atoms with E-state index in [-0.39, 0.29) is 12.2 Å². The standard InChI is InChI=1S/C27H30Br2FN3O2SSi/c1-27(2,3)36(34)33-20(14-21-25(30)23(37(4,5)6)15-24(29)31-21)17-9-7-8-10-18(17)26-19-12-11-16(28)13-22(19)35-32-26/h7-13,15,20,33H,14H2,1-6H3/t20?,36-/m0/s1. The summed E-state index contributed by atoms with van der Waals surface area (Å²) < 4.78 is 39.0. The zero-order valence-corrected chi connectivity index (χ0v) is 26.6. The van der Waals surface area contributed by atoms with Crippen LogP contribution in [0.15, 0.2) is 62.1 Å². The molecule has 4 rings (SSSR count). The van der Waals surface area contributed by atoms with E-state index in [1.54, 1.807) is 6.07 Å². The van der Waals surface area contributed by atoms with Gasteiger partial charge in [0.15, 0.2) is 5.58 Å². The summed E-state index contributed by atoms with van der Waals surface area (Å²) in [5.74, 6) is -0.287. The number of rotatable bonds is 7. The quantitative estimate of drug-likeness (QED) is 0.126. The minimum absolute atomic E-state index is 0.211. The highest BCUT2D eigenvalue weighted by atomic mass is 79.9. The third-order valence-corrected chi connectivity index (χ3v) is 10.5. The highest BCUT2D eigenvalue weighted by Crippen LogP contribution is 2.36. The van der Waals surface area contributed by atoms with Crippen molar-refractivity contribution in [1.29, 1.82) is 0 Å². The molecule has 2 aromatic carbocycles. The van der Waals surface area contributed by atoms with Crippen LogP contribution in [0.5, 0.6) is 0 Å². The molecular weight excluding hydrogens is 637 g/mol. The van der Waals surface area contributed by atoms with E-state index in [0.717, 1.165) is 21.0 Å². The first-order valence-electron chi connectivity index (χ1n) is 11.9. The van der Waals surface area contributed by atoms with Crippen molar-refractivity contribution in [1.82, 2.24) is 14.9 Å². The van der Waals surface area contributed by atoms with Gasteiger partial charge in [0.05, 0.1) is 19.8 Å². The van der Waals surface area contributed by atoms with E-state index in [9.17, 15) is 4.55 Å². The molecule has 0 saturated heterocycles. The molecule has 0 aliphatic carbocycles. The smallest absolute Gasteiger partial charge is 0.168 e. The number of hydrogen-bond donors (Lipinski definition) is 1. The van der Waals surface area contributed by atoms with Gasteiger partial charge in [-0.2, -0.15) is 0 Å². The molecule has 1 unspecified atom stereocenters. The first-order valence-corrected chi connectivity index (χ1v) is 18.2. The zero-order chi connectivity index (χ0) is 27.1. The number of benzene rings is 2. The van der Waals surface area contributed by atoms with Crippen LogP contribution in [0.4, 0.5) is 4.39 Å². The van der Waals surface area contributed by atoms with Crippen LogP contribution in [-0.4, -0.2) is 27.5 Å². The van der Waals surface area contributed by atoms with E-state index < -0.39 is 30.2 Å². The third kappa shape index (κ3) is 6.37. The molecule has 2 heterocycles. The fourth-order valence-corrected chi connectivity index (χ4v) is 7.25. The Bertz CT molecular complexity index is 1440. The topological polar surface area (TPSA) is 74.0 Å². The van der Waals surface area contributed by atoms with E-state index in [1.165, 1.54) is 0 Å². The molecule has 0 fully saturated rings. The van der Waals surface area contributed by atoms with Gasteiger partial charge in [-0.15, -0.1) is 4.72 Å². The average molecular weight is 668 g/mol. The van der Waals surface area contributed by atoms with Crippen LogP contribution in [-0.2, 0) is 17.8 Å². The molecule has 0 aliphatic heterocycles. The number of pyridine rings is 1. The van der Waals surface area contributed by atoms with Crippen LogP contribution in [0.3, 0.4) is 0 Å². The van der Waals surface area contributed by atoms with E-state index in [2.05, 4.69) is 66.4 Å². The van der Waals surface area contributed by atoms with Crippen LogP contribution in [0.1, 0.15) is 38.1 Å².